The number of aryl methyl sites for hydroxylation is 1. The molecule has 1 fully saturated rings. The third kappa shape index (κ3) is 7.17. The van der Waals surface area contributed by atoms with Gasteiger partial charge in [0.05, 0.1) is 11.0 Å². The zero-order valence-corrected chi connectivity index (χ0v) is 17.6. The molecule has 0 aliphatic heterocycles. The van der Waals surface area contributed by atoms with Crippen molar-refractivity contribution in [2.45, 2.75) is 77.1 Å². The summed E-state index contributed by atoms with van der Waals surface area (Å²) in [6, 6.07) is 7.87. The molecule has 5 nitrogen and oxygen atoms in total. The maximum atomic E-state index is 12.1. The lowest BCUT2D eigenvalue weighted by Crippen LogP contribution is -2.31. The molecule has 0 atom stereocenters. The predicted molar refractivity (Wildman–Crippen MR) is 110 cm³/mol. The van der Waals surface area contributed by atoms with Gasteiger partial charge in [0, 0.05) is 5.69 Å². The van der Waals surface area contributed by atoms with E-state index < -0.39 is 15.9 Å². The zero-order chi connectivity index (χ0) is 19.9. The van der Waals surface area contributed by atoms with E-state index >= 15 is 0 Å². The summed E-state index contributed by atoms with van der Waals surface area (Å²) in [4.78, 5) is 12.1. The number of carbonyl (C=O) groups is 1. The van der Waals surface area contributed by atoms with Crippen molar-refractivity contribution >= 4 is 21.6 Å². The SMILES string of the molecule is CCCCc1ccc(NC(=O)OC2CCC(CS(=O)(=O)C(C)C)CC2)cc1. The molecule has 0 spiro atoms. The third-order valence-corrected chi connectivity index (χ3v) is 7.65. The lowest BCUT2D eigenvalue weighted by molar-refractivity contribution is 0.0768. The van der Waals surface area contributed by atoms with E-state index in [2.05, 4.69) is 12.2 Å². The summed E-state index contributed by atoms with van der Waals surface area (Å²) < 4.78 is 29.6. The second-order valence-electron chi connectivity index (χ2n) is 7.85. The van der Waals surface area contributed by atoms with Crippen LogP contribution in [0.3, 0.4) is 0 Å². The van der Waals surface area contributed by atoms with Crippen molar-refractivity contribution in [3.05, 3.63) is 29.8 Å². The number of nitrogens with one attached hydrogen (secondary N) is 1. The van der Waals surface area contributed by atoms with Gasteiger partial charge in [-0.25, -0.2) is 13.2 Å². The van der Waals surface area contributed by atoms with Crippen molar-refractivity contribution in [2.75, 3.05) is 11.1 Å². The molecule has 1 saturated carbocycles. The quantitative estimate of drug-likeness (QED) is 0.675. The molecule has 0 heterocycles. The number of hydrogen-bond acceptors (Lipinski definition) is 4. The average molecular weight is 396 g/mol. The Balaban J connectivity index is 1.74. The zero-order valence-electron chi connectivity index (χ0n) is 16.7. The van der Waals surface area contributed by atoms with E-state index in [9.17, 15) is 13.2 Å². The number of hydrogen-bond donors (Lipinski definition) is 1. The molecule has 152 valence electrons. The van der Waals surface area contributed by atoms with Crippen LogP contribution < -0.4 is 5.32 Å². The van der Waals surface area contributed by atoms with E-state index in [-0.39, 0.29) is 23.0 Å². The van der Waals surface area contributed by atoms with Crippen LogP contribution in [0, 0.1) is 5.92 Å². The first-order valence-electron chi connectivity index (χ1n) is 10.1. The van der Waals surface area contributed by atoms with Gasteiger partial charge >= 0.3 is 6.09 Å². The van der Waals surface area contributed by atoms with Crippen LogP contribution in [0.2, 0.25) is 0 Å². The largest absolute Gasteiger partial charge is 0.446 e. The minimum atomic E-state index is -3.01. The van der Waals surface area contributed by atoms with Crippen LogP contribution in [0.1, 0.15) is 64.9 Å². The van der Waals surface area contributed by atoms with E-state index in [1.807, 2.05) is 24.3 Å². The molecule has 27 heavy (non-hydrogen) atoms. The Morgan fingerprint density at radius 1 is 1.15 bits per heavy atom. The Labute approximate surface area is 163 Å². The van der Waals surface area contributed by atoms with Gasteiger partial charge in [-0.1, -0.05) is 25.5 Å². The molecule has 6 heteroatoms. The van der Waals surface area contributed by atoms with Gasteiger partial charge in [-0.3, -0.25) is 5.32 Å². The number of carbonyl (C=O) groups excluding carboxylic acids is 1. The van der Waals surface area contributed by atoms with Gasteiger partial charge in [0.15, 0.2) is 9.84 Å². The summed E-state index contributed by atoms with van der Waals surface area (Å²) in [6.45, 7) is 5.62. The fourth-order valence-electron chi connectivity index (χ4n) is 3.37. The first-order valence-corrected chi connectivity index (χ1v) is 11.8. The van der Waals surface area contributed by atoms with Crippen molar-refractivity contribution in [1.29, 1.82) is 0 Å². The van der Waals surface area contributed by atoms with Crippen LogP contribution in [0.25, 0.3) is 0 Å². The molecule has 1 N–H and O–H groups in total. The highest BCUT2D eigenvalue weighted by molar-refractivity contribution is 7.91. The van der Waals surface area contributed by atoms with E-state index in [0.717, 1.165) is 50.6 Å². The van der Waals surface area contributed by atoms with E-state index in [1.165, 1.54) is 5.56 Å². The molecule has 1 aliphatic rings. The van der Waals surface area contributed by atoms with Crippen molar-refractivity contribution in [2.24, 2.45) is 5.92 Å². The Bertz CT molecular complexity index is 689. The highest BCUT2D eigenvalue weighted by Gasteiger charge is 2.28. The first-order chi connectivity index (χ1) is 12.8. The Morgan fingerprint density at radius 2 is 1.78 bits per heavy atom. The van der Waals surface area contributed by atoms with Crippen molar-refractivity contribution in [3.63, 3.8) is 0 Å². The second-order valence-corrected chi connectivity index (χ2v) is 10.5. The van der Waals surface area contributed by atoms with Gasteiger partial charge in [-0.2, -0.15) is 0 Å². The lowest BCUT2D eigenvalue weighted by atomic mass is 9.89. The van der Waals surface area contributed by atoms with Crippen LogP contribution in [0.5, 0.6) is 0 Å². The standard InChI is InChI=1S/C21H33NO4S/c1-4-5-6-17-7-11-19(12-8-17)22-21(23)26-20-13-9-18(10-14-20)15-27(24,25)16(2)3/h7-8,11-12,16,18,20H,4-6,9-10,13-15H2,1-3H3,(H,22,23). The maximum Gasteiger partial charge on any atom is 0.411 e. The molecule has 0 bridgehead atoms. The van der Waals surface area contributed by atoms with E-state index in [4.69, 9.17) is 4.74 Å². The summed E-state index contributed by atoms with van der Waals surface area (Å²) in [5, 5.41) is 2.45. The fourth-order valence-corrected chi connectivity index (χ4v) is 4.75. The van der Waals surface area contributed by atoms with E-state index in [1.54, 1.807) is 13.8 Å². The lowest BCUT2D eigenvalue weighted by Gasteiger charge is -2.28. The molecule has 0 saturated heterocycles. The Hall–Kier alpha value is -1.56. The number of sulfone groups is 1. The summed E-state index contributed by atoms with van der Waals surface area (Å²) in [5.74, 6) is 0.421. The van der Waals surface area contributed by atoms with Gasteiger partial charge in [0.25, 0.3) is 0 Å². The topological polar surface area (TPSA) is 72.5 Å². The summed E-state index contributed by atoms with van der Waals surface area (Å²) in [5.41, 5.74) is 2.00. The normalized spacial score (nSPS) is 20.4. The van der Waals surface area contributed by atoms with Crippen molar-refractivity contribution in [3.8, 4) is 0 Å². The van der Waals surface area contributed by atoms with Crippen LogP contribution in [0.15, 0.2) is 24.3 Å². The Morgan fingerprint density at radius 3 is 2.33 bits per heavy atom. The summed E-state index contributed by atoms with van der Waals surface area (Å²) in [7, 11) is -3.01. The van der Waals surface area contributed by atoms with Gasteiger partial charge in [0.2, 0.25) is 0 Å². The molecule has 1 aromatic rings. The maximum absolute atomic E-state index is 12.1. The van der Waals surface area contributed by atoms with Gasteiger partial charge < -0.3 is 4.74 Å². The molecular weight excluding hydrogens is 362 g/mol. The molecule has 0 aromatic heterocycles. The first kappa shape index (κ1) is 21.7. The van der Waals surface area contributed by atoms with Gasteiger partial charge in [-0.15, -0.1) is 0 Å². The summed E-state index contributed by atoms with van der Waals surface area (Å²) in [6.07, 6.45) is 5.83. The minimum absolute atomic E-state index is 0.133. The molecule has 1 amide bonds. The monoisotopic (exact) mass is 395 g/mol. The smallest absolute Gasteiger partial charge is 0.411 e. The van der Waals surface area contributed by atoms with Crippen LogP contribution in [-0.4, -0.2) is 31.6 Å². The minimum Gasteiger partial charge on any atom is -0.446 e. The highest BCUT2D eigenvalue weighted by Crippen LogP contribution is 2.28. The number of ether oxygens (including phenoxy) is 1. The van der Waals surface area contributed by atoms with Gasteiger partial charge in [-0.05, 0) is 76.0 Å². The van der Waals surface area contributed by atoms with Crippen molar-refractivity contribution < 1.29 is 17.9 Å². The molecule has 0 unspecified atom stereocenters. The molecule has 1 aromatic carbocycles. The van der Waals surface area contributed by atoms with Gasteiger partial charge in [0.1, 0.15) is 6.10 Å². The second kappa shape index (κ2) is 10.1. The van der Waals surface area contributed by atoms with E-state index in [0.29, 0.717) is 0 Å². The Kier molecular flexibility index (Phi) is 8.14. The molecule has 1 aliphatic carbocycles. The van der Waals surface area contributed by atoms with Crippen LogP contribution >= 0.6 is 0 Å². The third-order valence-electron chi connectivity index (χ3n) is 5.27. The molecular formula is C21H33NO4S. The predicted octanol–water partition coefficient (Wildman–Crippen LogP) is 4.96. The molecule has 2 rings (SSSR count). The van der Waals surface area contributed by atoms with Crippen LogP contribution in [-0.2, 0) is 21.0 Å². The number of unbranched alkanes of at least 4 members (excludes halogenated alkanes) is 1. The summed E-state index contributed by atoms with van der Waals surface area (Å²) >= 11 is 0. The fraction of sp³-hybridized carbons (Fsp3) is 0.667. The number of rotatable bonds is 8. The number of amides is 1. The van der Waals surface area contributed by atoms with Crippen molar-refractivity contribution in [1.82, 2.24) is 0 Å². The number of benzene rings is 1. The average Bonchev–Trinajstić information content (AvgIpc) is 2.62. The highest BCUT2D eigenvalue weighted by atomic mass is 32.2. The number of anilines is 1. The van der Waals surface area contributed by atoms with Crippen LogP contribution in [0.4, 0.5) is 10.5 Å². The molecule has 0 radical (unpaired) electrons.